The normalized spacial score (nSPS) is 11.7. The number of benzene rings is 1. The molecule has 0 aliphatic carbocycles. The molecule has 0 saturated carbocycles. The van der Waals surface area contributed by atoms with Gasteiger partial charge in [-0.15, -0.1) is 0 Å². The summed E-state index contributed by atoms with van der Waals surface area (Å²) in [6.07, 6.45) is 20.1. The Kier molecular flexibility index (Phi) is 21.4. The van der Waals surface area contributed by atoms with Crippen molar-refractivity contribution in [2.24, 2.45) is 4.99 Å². The predicted octanol–water partition coefficient (Wildman–Crippen LogP) is 11.1. The van der Waals surface area contributed by atoms with Gasteiger partial charge in [0.2, 0.25) is 0 Å². The summed E-state index contributed by atoms with van der Waals surface area (Å²) in [7, 11) is -1.11. The number of unbranched alkanes of at least 4 members (excludes halogenated alkanes) is 13. The summed E-state index contributed by atoms with van der Waals surface area (Å²) in [4.78, 5) is 19.1. The molecule has 2 aliphatic heterocycles. The van der Waals surface area contributed by atoms with Crippen molar-refractivity contribution in [3.8, 4) is 101 Å². The van der Waals surface area contributed by atoms with Gasteiger partial charge in [-0.05, 0) is 78.9 Å². The van der Waals surface area contributed by atoms with Gasteiger partial charge < -0.3 is 14.0 Å². The highest BCUT2D eigenvalue weighted by molar-refractivity contribution is 6.42. The molecule has 0 unspecified atom stereocenters. The van der Waals surface area contributed by atoms with E-state index < -0.39 is 13.3 Å². The molecule has 1 aromatic rings. The Bertz CT molecular complexity index is 1920. The fourth-order valence-corrected chi connectivity index (χ4v) is 5.47. The molecule has 0 radical (unpaired) electrons. The zero-order valence-electron chi connectivity index (χ0n) is 30.8. The summed E-state index contributed by atoms with van der Waals surface area (Å²) in [5.41, 5.74) is 1.57. The van der Waals surface area contributed by atoms with Gasteiger partial charge >= 0.3 is 13.3 Å². The van der Waals surface area contributed by atoms with Crippen molar-refractivity contribution in [2.45, 2.75) is 117 Å². The monoisotopic (exact) mass is 721 g/mol. The number of fused-ring (bicyclic) bond motifs is 1. The van der Waals surface area contributed by atoms with Crippen LogP contribution in [0.5, 0.6) is 5.75 Å². The predicted molar refractivity (Wildman–Crippen MR) is 241 cm³/mol. The number of amidine groups is 1. The Morgan fingerprint density at radius 2 is 1.25 bits per heavy atom. The Hall–Kier alpha value is -5.54. The lowest BCUT2D eigenvalue weighted by atomic mass is 10.0. The molecule has 2 heterocycles. The van der Waals surface area contributed by atoms with Gasteiger partial charge in [-0.3, -0.25) is 9.89 Å². The quantitative estimate of drug-likeness (QED) is 0.0809. The SMILES string of the molecule is CC#CC#CC#CC#CC#CC#CC#CC#CN1CCN=C1CCOB1OC(=O)c2cc(CCCCCCCCCCCCCCCC)ccc2O1.[HH].[HH].[HH].[HH].[HH].[HH].[HH].[HH].[HH].[HH].[HH].[HH].[HH].[HH].[HH]. The molecule has 7 heteroatoms. The van der Waals surface area contributed by atoms with E-state index in [0.717, 1.165) is 24.2 Å². The van der Waals surface area contributed by atoms with Crippen molar-refractivity contribution >= 4 is 19.1 Å². The lowest BCUT2D eigenvalue weighted by Crippen LogP contribution is -2.38. The van der Waals surface area contributed by atoms with Crippen LogP contribution in [-0.2, 0) is 15.7 Å². The van der Waals surface area contributed by atoms with E-state index in [1.807, 2.05) is 23.1 Å². The largest absolute Gasteiger partial charge is 0.790 e. The van der Waals surface area contributed by atoms with Crippen molar-refractivity contribution in [3.05, 3.63) is 29.3 Å². The molecule has 52 heavy (non-hydrogen) atoms. The fourth-order valence-electron chi connectivity index (χ4n) is 5.47. The average Bonchev–Trinajstić information content (AvgIpc) is 3.60. The summed E-state index contributed by atoms with van der Waals surface area (Å²) in [6.45, 7) is 5.50. The second kappa shape index (κ2) is 27.2. The smallest absolute Gasteiger partial charge is 0.500 e. The number of hydrogen-bond acceptors (Lipinski definition) is 6. The first-order chi connectivity index (χ1) is 25.7. The van der Waals surface area contributed by atoms with Crippen LogP contribution in [0, 0.1) is 94.9 Å². The highest BCUT2D eigenvalue weighted by Crippen LogP contribution is 2.27. The minimum absolute atomic E-state index is 0. The maximum atomic E-state index is 12.8. The van der Waals surface area contributed by atoms with E-state index in [4.69, 9.17) is 14.0 Å². The van der Waals surface area contributed by atoms with Crippen LogP contribution in [0.25, 0.3) is 0 Å². The minimum Gasteiger partial charge on any atom is -0.500 e. The first kappa shape index (κ1) is 40.9. The summed E-state index contributed by atoms with van der Waals surface area (Å²) >= 11 is 0. The Balaban J connectivity index is -0.000000177. The summed E-state index contributed by atoms with van der Waals surface area (Å²) in [6, 6.07) is 8.73. The second-order valence-electron chi connectivity index (χ2n) is 12.2. The zero-order chi connectivity index (χ0) is 36.7. The molecule has 0 amide bonds. The van der Waals surface area contributed by atoms with Crippen LogP contribution in [0.3, 0.4) is 0 Å². The lowest BCUT2D eigenvalue weighted by Gasteiger charge is -2.22. The first-order valence-corrected chi connectivity index (χ1v) is 18.6. The van der Waals surface area contributed by atoms with Crippen molar-refractivity contribution in [1.29, 1.82) is 0 Å². The van der Waals surface area contributed by atoms with E-state index in [0.29, 0.717) is 30.8 Å². The standard InChI is InChI=1S/C45H47BN2O4.15H2/c1-3-5-7-9-11-13-15-17-19-21-23-25-27-29-31-37-48-38-36-47-44(48)35-39-50-46-51-43-34-33-41(40-42(43)45(49)52-46)32-30-28-26-24-22-20-18-16-14-12-10-8-6-4-2;;;;;;;;;;;;;;;/h33-34,40H,4,6,8,10,12,14,16,18,20,22,24,26,28,30,32,35-36,38-39H2,1-2H3;15*1H. The third-order valence-corrected chi connectivity index (χ3v) is 8.15. The summed E-state index contributed by atoms with van der Waals surface area (Å²) in [5.74, 6) is 39.8. The van der Waals surface area contributed by atoms with Gasteiger partial charge in [0.1, 0.15) is 11.6 Å². The van der Waals surface area contributed by atoms with Crippen LogP contribution < -0.4 is 4.65 Å². The van der Waals surface area contributed by atoms with Gasteiger partial charge in [0.15, 0.2) is 0 Å². The van der Waals surface area contributed by atoms with Crippen molar-refractivity contribution < 1.29 is 40.2 Å². The van der Waals surface area contributed by atoms with E-state index in [-0.39, 0.29) is 28.0 Å². The number of aryl methyl sites for hydroxylation is 1. The third kappa shape index (κ3) is 17.9. The van der Waals surface area contributed by atoms with Crippen molar-refractivity contribution in [3.63, 3.8) is 0 Å². The number of aliphatic imine (C=N–C) groups is 1. The molecule has 0 spiro atoms. The molecule has 6 nitrogen and oxygen atoms in total. The molecule has 0 aromatic heterocycles. The summed E-state index contributed by atoms with van der Waals surface area (Å²) < 4.78 is 17.0. The highest BCUT2D eigenvalue weighted by atomic mass is 16.8. The summed E-state index contributed by atoms with van der Waals surface area (Å²) in [5, 5.41) is 0. The van der Waals surface area contributed by atoms with Gasteiger partial charge in [0.25, 0.3) is 0 Å². The van der Waals surface area contributed by atoms with Crippen molar-refractivity contribution in [1.82, 2.24) is 4.90 Å². The number of carbonyl (C=O) groups excluding carboxylic acids is 1. The van der Waals surface area contributed by atoms with E-state index in [2.05, 4.69) is 107 Å². The molecule has 294 valence electrons. The van der Waals surface area contributed by atoms with E-state index in [1.165, 1.54) is 83.5 Å². The van der Waals surface area contributed by atoms with Crippen LogP contribution >= 0.6 is 0 Å². The van der Waals surface area contributed by atoms with Crippen LogP contribution in [0.15, 0.2) is 23.2 Å². The maximum absolute atomic E-state index is 12.8. The number of carbonyl (C=O) groups is 1. The molecular weight excluding hydrogens is 643 g/mol. The Labute approximate surface area is 335 Å². The molecule has 1 aromatic carbocycles. The molecule has 0 saturated heterocycles. The first-order valence-electron chi connectivity index (χ1n) is 18.6. The van der Waals surface area contributed by atoms with Gasteiger partial charge in [-0.1, -0.05) is 102 Å². The Morgan fingerprint density at radius 3 is 1.83 bits per heavy atom. The molecule has 0 fully saturated rings. The lowest BCUT2D eigenvalue weighted by molar-refractivity contribution is 0.0570. The molecular formula is C45H77BN2O4. The van der Waals surface area contributed by atoms with Gasteiger partial charge in [0, 0.05) is 81.9 Å². The molecule has 2 aliphatic rings. The molecule has 0 N–H and O–H groups in total. The number of nitrogens with zero attached hydrogens (tertiary/aromatic N) is 2. The maximum Gasteiger partial charge on any atom is 0.790 e. The van der Waals surface area contributed by atoms with E-state index in [9.17, 15) is 4.79 Å². The highest BCUT2D eigenvalue weighted by Gasteiger charge is 2.37. The number of rotatable bonds is 19. The van der Waals surface area contributed by atoms with Crippen LogP contribution in [0.1, 0.15) is 147 Å². The Morgan fingerprint density at radius 1 is 0.712 bits per heavy atom. The van der Waals surface area contributed by atoms with Crippen LogP contribution in [0.4, 0.5) is 0 Å². The minimum atomic E-state index is -1.11. The molecule has 3 rings (SSSR count). The van der Waals surface area contributed by atoms with Gasteiger partial charge in [-0.2, -0.15) is 0 Å². The average molecular weight is 721 g/mol. The molecule has 0 bridgehead atoms. The molecule has 0 atom stereocenters. The fraction of sp³-hybridized carbons (Fsp3) is 0.467. The van der Waals surface area contributed by atoms with E-state index >= 15 is 0 Å². The van der Waals surface area contributed by atoms with Crippen LogP contribution in [-0.4, -0.2) is 43.7 Å². The third-order valence-electron chi connectivity index (χ3n) is 8.15. The van der Waals surface area contributed by atoms with E-state index in [1.54, 1.807) is 6.92 Å². The number of hydrogen-bond donors (Lipinski definition) is 0. The van der Waals surface area contributed by atoms with Crippen molar-refractivity contribution in [2.75, 3.05) is 19.7 Å². The van der Waals surface area contributed by atoms with Crippen LogP contribution in [0.2, 0.25) is 0 Å². The van der Waals surface area contributed by atoms with Gasteiger partial charge in [0.05, 0.1) is 18.7 Å². The zero-order valence-corrected chi connectivity index (χ0v) is 30.8. The second-order valence-corrected chi connectivity index (χ2v) is 12.2. The van der Waals surface area contributed by atoms with Gasteiger partial charge in [-0.25, -0.2) is 4.79 Å². The topological polar surface area (TPSA) is 60.4 Å².